The van der Waals surface area contributed by atoms with E-state index < -0.39 is 23.0 Å². The molecule has 0 spiro atoms. The van der Waals surface area contributed by atoms with Crippen molar-refractivity contribution in [3.63, 3.8) is 0 Å². The molecule has 0 saturated heterocycles. The van der Waals surface area contributed by atoms with Crippen molar-refractivity contribution in [3.8, 4) is 0 Å². The molecule has 0 atom stereocenters. The highest BCUT2D eigenvalue weighted by Crippen LogP contribution is 2.29. The maximum absolute atomic E-state index is 12.5. The number of fused-ring (bicyclic) bond motifs is 1. The first kappa shape index (κ1) is 12.3. The van der Waals surface area contributed by atoms with Crippen LogP contribution in [-0.2, 0) is 20.3 Å². The lowest BCUT2D eigenvalue weighted by Crippen LogP contribution is -2.37. The van der Waals surface area contributed by atoms with Crippen molar-refractivity contribution < 1.29 is 13.2 Å². The molecule has 96 valence electrons. The van der Waals surface area contributed by atoms with Crippen molar-refractivity contribution in [2.24, 2.45) is 14.1 Å². The molecule has 18 heavy (non-hydrogen) atoms. The van der Waals surface area contributed by atoms with Crippen LogP contribution < -0.4 is 11.2 Å². The van der Waals surface area contributed by atoms with E-state index in [1.165, 1.54) is 14.1 Å². The zero-order valence-electron chi connectivity index (χ0n) is 9.45. The predicted molar refractivity (Wildman–Crippen MR) is 57.2 cm³/mol. The number of aromatic nitrogens is 3. The molecule has 0 unspecified atom stereocenters. The van der Waals surface area contributed by atoms with E-state index in [-0.39, 0.29) is 11.0 Å². The maximum Gasteiger partial charge on any atom is 0.417 e. The van der Waals surface area contributed by atoms with Gasteiger partial charge in [0.1, 0.15) is 5.65 Å². The predicted octanol–water partition coefficient (Wildman–Crippen LogP) is 0.651. The second-order valence-electron chi connectivity index (χ2n) is 3.80. The molecule has 0 saturated carbocycles. The zero-order chi connectivity index (χ0) is 13.7. The van der Waals surface area contributed by atoms with Crippen molar-refractivity contribution in [1.29, 1.82) is 0 Å². The monoisotopic (exact) mass is 259 g/mol. The van der Waals surface area contributed by atoms with Crippen LogP contribution in [0.25, 0.3) is 11.0 Å². The molecule has 0 radical (unpaired) electrons. The van der Waals surface area contributed by atoms with Crippen molar-refractivity contribution in [1.82, 2.24) is 14.1 Å². The third-order valence-corrected chi connectivity index (χ3v) is 2.62. The van der Waals surface area contributed by atoms with Gasteiger partial charge in [-0.2, -0.15) is 13.2 Å². The van der Waals surface area contributed by atoms with Gasteiger partial charge >= 0.3 is 11.9 Å². The Kier molecular flexibility index (Phi) is 2.53. The van der Waals surface area contributed by atoms with Gasteiger partial charge in [0, 0.05) is 20.3 Å². The van der Waals surface area contributed by atoms with Gasteiger partial charge in [0.05, 0.1) is 10.9 Å². The Morgan fingerprint density at radius 3 is 2.33 bits per heavy atom. The summed E-state index contributed by atoms with van der Waals surface area (Å²) in [6, 6.07) is 0.699. The van der Waals surface area contributed by atoms with Crippen LogP contribution >= 0.6 is 0 Å². The minimum Gasteiger partial charge on any atom is -0.280 e. The van der Waals surface area contributed by atoms with E-state index in [0.29, 0.717) is 12.3 Å². The number of rotatable bonds is 0. The van der Waals surface area contributed by atoms with Crippen molar-refractivity contribution in [2.75, 3.05) is 0 Å². The summed E-state index contributed by atoms with van der Waals surface area (Å²) in [7, 11) is 2.54. The molecular formula is C10H8F3N3O2. The first-order valence-electron chi connectivity index (χ1n) is 4.86. The van der Waals surface area contributed by atoms with Gasteiger partial charge in [0.15, 0.2) is 0 Å². The minimum atomic E-state index is -4.58. The van der Waals surface area contributed by atoms with Gasteiger partial charge in [-0.05, 0) is 6.07 Å². The van der Waals surface area contributed by atoms with E-state index in [0.717, 1.165) is 9.13 Å². The van der Waals surface area contributed by atoms with Crippen LogP contribution in [0.3, 0.4) is 0 Å². The molecule has 0 bridgehead atoms. The Balaban J connectivity index is 2.96. The van der Waals surface area contributed by atoms with Crippen molar-refractivity contribution in [2.45, 2.75) is 6.18 Å². The number of pyridine rings is 1. The van der Waals surface area contributed by atoms with Gasteiger partial charge in [-0.25, -0.2) is 9.78 Å². The lowest BCUT2D eigenvalue weighted by Gasteiger charge is -2.09. The summed E-state index contributed by atoms with van der Waals surface area (Å²) in [4.78, 5) is 26.8. The molecule has 0 amide bonds. The molecule has 2 aromatic rings. The minimum absolute atomic E-state index is 0.0731. The number of aryl methyl sites for hydroxylation is 1. The van der Waals surface area contributed by atoms with E-state index in [1.54, 1.807) is 0 Å². The molecule has 2 aromatic heterocycles. The molecule has 2 heterocycles. The Morgan fingerprint density at radius 2 is 1.78 bits per heavy atom. The fourth-order valence-electron chi connectivity index (χ4n) is 1.62. The largest absolute Gasteiger partial charge is 0.417 e. The lowest BCUT2D eigenvalue weighted by molar-refractivity contribution is -0.137. The van der Waals surface area contributed by atoms with Crippen LogP contribution in [0.1, 0.15) is 5.56 Å². The molecule has 0 aromatic carbocycles. The van der Waals surface area contributed by atoms with Gasteiger partial charge in [0.2, 0.25) is 0 Å². The highest BCUT2D eigenvalue weighted by molar-refractivity contribution is 5.74. The standard InChI is InChI=1S/C10H8F3N3O2/c1-15-7-6(8(17)16(2)9(15)18)3-5(4-14-7)10(11,12)13/h3-4H,1-2H3. The summed E-state index contributed by atoms with van der Waals surface area (Å²) in [5, 5.41) is -0.241. The molecular weight excluding hydrogens is 251 g/mol. The molecule has 0 aliphatic rings. The number of halogens is 3. The first-order valence-corrected chi connectivity index (χ1v) is 4.86. The molecule has 0 fully saturated rings. The Hall–Kier alpha value is -2.12. The number of hydrogen-bond donors (Lipinski definition) is 0. The van der Waals surface area contributed by atoms with Crippen LogP contribution in [0.5, 0.6) is 0 Å². The van der Waals surface area contributed by atoms with Crippen LogP contribution in [-0.4, -0.2) is 14.1 Å². The fourth-order valence-corrected chi connectivity index (χ4v) is 1.62. The van der Waals surface area contributed by atoms with E-state index in [1.807, 2.05) is 0 Å². The van der Waals surface area contributed by atoms with Crippen LogP contribution in [0.4, 0.5) is 13.2 Å². The molecule has 8 heteroatoms. The van der Waals surface area contributed by atoms with Crippen molar-refractivity contribution in [3.05, 3.63) is 38.7 Å². The first-order chi connectivity index (χ1) is 8.23. The van der Waals surface area contributed by atoms with E-state index in [4.69, 9.17) is 0 Å². The van der Waals surface area contributed by atoms with Crippen LogP contribution in [0, 0.1) is 0 Å². The maximum atomic E-state index is 12.5. The zero-order valence-corrected chi connectivity index (χ0v) is 9.45. The molecule has 0 aliphatic heterocycles. The number of alkyl halides is 3. The summed E-state index contributed by atoms with van der Waals surface area (Å²) < 4.78 is 39.3. The Bertz CT molecular complexity index is 743. The molecule has 2 rings (SSSR count). The fraction of sp³-hybridized carbons (Fsp3) is 0.300. The van der Waals surface area contributed by atoms with Crippen molar-refractivity contribution >= 4 is 11.0 Å². The highest BCUT2D eigenvalue weighted by atomic mass is 19.4. The second kappa shape index (κ2) is 3.69. The summed E-state index contributed by atoms with van der Waals surface area (Å²) in [5.41, 5.74) is -2.53. The van der Waals surface area contributed by atoms with E-state index in [9.17, 15) is 22.8 Å². The number of hydrogen-bond acceptors (Lipinski definition) is 3. The molecule has 0 aliphatic carbocycles. The van der Waals surface area contributed by atoms with E-state index >= 15 is 0 Å². The molecule has 0 N–H and O–H groups in total. The quantitative estimate of drug-likeness (QED) is 0.698. The smallest absolute Gasteiger partial charge is 0.280 e. The van der Waals surface area contributed by atoms with Gasteiger partial charge in [-0.3, -0.25) is 13.9 Å². The average Bonchev–Trinajstić information content (AvgIpc) is 2.32. The van der Waals surface area contributed by atoms with Gasteiger partial charge < -0.3 is 0 Å². The highest BCUT2D eigenvalue weighted by Gasteiger charge is 2.31. The summed E-state index contributed by atoms with van der Waals surface area (Å²) in [6.45, 7) is 0. The summed E-state index contributed by atoms with van der Waals surface area (Å²) in [5.74, 6) is 0. The second-order valence-corrected chi connectivity index (χ2v) is 3.80. The topological polar surface area (TPSA) is 56.9 Å². The van der Waals surface area contributed by atoms with Crippen LogP contribution in [0.15, 0.2) is 21.9 Å². The normalized spacial score (nSPS) is 12.1. The van der Waals surface area contributed by atoms with Gasteiger partial charge in [-0.1, -0.05) is 0 Å². The average molecular weight is 259 g/mol. The Morgan fingerprint density at radius 1 is 1.17 bits per heavy atom. The molecule has 5 nitrogen and oxygen atoms in total. The Labute approximate surface area is 98.1 Å². The summed E-state index contributed by atoms with van der Waals surface area (Å²) in [6.07, 6.45) is -3.98. The summed E-state index contributed by atoms with van der Waals surface area (Å²) >= 11 is 0. The van der Waals surface area contributed by atoms with E-state index in [2.05, 4.69) is 4.98 Å². The SMILES string of the molecule is Cn1c(=O)c2cc(C(F)(F)F)cnc2n(C)c1=O. The lowest BCUT2D eigenvalue weighted by atomic mass is 10.2. The van der Waals surface area contributed by atoms with Crippen LogP contribution in [0.2, 0.25) is 0 Å². The third-order valence-electron chi connectivity index (χ3n) is 2.62. The third kappa shape index (κ3) is 1.69. The number of nitrogens with zero attached hydrogens (tertiary/aromatic N) is 3. The van der Waals surface area contributed by atoms with Gasteiger partial charge in [-0.15, -0.1) is 0 Å². The van der Waals surface area contributed by atoms with Gasteiger partial charge in [0.25, 0.3) is 5.56 Å².